The molecule has 108 valence electrons. The van der Waals surface area contributed by atoms with E-state index in [1.54, 1.807) is 6.26 Å². The fourth-order valence-electron chi connectivity index (χ4n) is 2.50. The van der Waals surface area contributed by atoms with Gasteiger partial charge in [-0.25, -0.2) is 4.98 Å². The SMILES string of the molecule is Cl.Clc1cccc(C2CNCCN2Cc2cocn2)c1. The highest BCUT2D eigenvalue weighted by atomic mass is 35.5. The summed E-state index contributed by atoms with van der Waals surface area (Å²) >= 11 is 6.09. The maximum Gasteiger partial charge on any atom is 0.180 e. The van der Waals surface area contributed by atoms with Gasteiger partial charge in [-0.1, -0.05) is 23.7 Å². The molecule has 0 amide bonds. The van der Waals surface area contributed by atoms with Crippen molar-refractivity contribution in [2.75, 3.05) is 19.6 Å². The highest BCUT2D eigenvalue weighted by Gasteiger charge is 2.24. The molecule has 1 aromatic carbocycles. The third-order valence-corrected chi connectivity index (χ3v) is 3.67. The van der Waals surface area contributed by atoms with Crippen LogP contribution in [0.4, 0.5) is 0 Å². The fraction of sp³-hybridized carbons (Fsp3) is 0.357. The quantitative estimate of drug-likeness (QED) is 0.946. The van der Waals surface area contributed by atoms with Crippen molar-refractivity contribution in [2.45, 2.75) is 12.6 Å². The normalized spacial score (nSPS) is 19.6. The molecule has 0 spiro atoms. The highest BCUT2D eigenvalue weighted by Crippen LogP contribution is 2.25. The van der Waals surface area contributed by atoms with E-state index in [0.29, 0.717) is 6.04 Å². The van der Waals surface area contributed by atoms with Crippen molar-refractivity contribution in [3.05, 3.63) is 53.2 Å². The minimum absolute atomic E-state index is 0. The van der Waals surface area contributed by atoms with Crippen LogP contribution in [0.25, 0.3) is 0 Å². The van der Waals surface area contributed by atoms with E-state index in [-0.39, 0.29) is 12.4 Å². The molecule has 1 aromatic heterocycles. The molecule has 1 fully saturated rings. The van der Waals surface area contributed by atoms with Gasteiger partial charge in [0.05, 0.1) is 5.69 Å². The lowest BCUT2D eigenvalue weighted by Gasteiger charge is -2.36. The van der Waals surface area contributed by atoms with E-state index in [9.17, 15) is 0 Å². The molecular formula is C14H17Cl2N3O. The van der Waals surface area contributed by atoms with Crippen LogP contribution in [0.3, 0.4) is 0 Å². The molecule has 0 bridgehead atoms. The smallest absolute Gasteiger partial charge is 0.180 e. The summed E-state index contributed by atoms with van der Waals surface area (Å²) in [6.07, 6.45) is 3.18. The van der Waals surface area contributed by atoms with Gasteiger partial charge in [-0.2, -0.15) is 0 Å². The summed E-state index contributed by atoms with van der Waals surface area (Å²) in [5.41, 5.74) is 2.21. The Hall–Kier alpha value is -1.07. The number of aromatic nitrogens is 1. The number of halogens is 2. The number of oxazole rings is 1. The van der Waals surface area contributed by atoms with Gasteiger partial charge < -0.3 is 9.73 Å². The zero-order valence-electron chi connectivity index (χ0n) is 11.0. The fourth-order valence-corrected chi connectivity index (χ4v) is 2.70. The van der Waals surface area contributed by atoms with Gasteiger partial charge in [0.2, 0.25) is 0 Å². The van der Waals surface area contributed by atoms with Crippen LogP contribution in [0.2, 0.25) is 5.02 Å². The molecule has 1 atom stereocenters. The molecular weight excluding hydrogens is 297 g/mol. The number of benzene rings is 1. The average Bonchev–Trinajstić information content (AvgIpc) is 2.92. The number of rotatable bonds is 3. The summed E-state index contributed by atoms with van der Waals surface area (Å²) in [6, 6.07) is 8.39. The van der Waals surface area contributed by atoms with Gasteiger partial charge in [0.25, 0.3) is 0 Å². The van der Waals surface area contributed by atoms with Gasteiger partial charge in [-0.3, -0.25) is 4.90 Å². The molecule has 1 aliphatic heterocycles. The molecule has 0 saturated carbocycles. The lowest BCUT2D eigenvalue weighted by Crippen LogP contribution is -2.45. The molecule has 1 saturated heterocycles. The topological polar surface area (TPSA) is 41.3 Å². The van der Waals surface area contributed by atoms with E-state index in [4.69, 9.17) is 16.0 Å². The number of hydrogen-bond donors (Lipinski definition) is 1. The highest BCUT2D eigenvalue weighted by molar-refractivity contribution is 6.30. The van der Waals surface area contributed by atoms with Crippen molar-refractivity contribution < 1.29 is 4.42 Å². The van der Waals surface area contributed by atoms with Crippen molar-refractivity contribution >= 4 is 24.0 Å². The van der Waals surface area contributed by atoms with Gasteiger partial charge in [0.1, 0.15) is 6.26 Å². The Morgan fingerprint density at radius 1 is 1.45 bits per heavy atom. The van der Waals surface area contributed by atoms with E-state index >= 15 is 0 Å². The minimum Gasteiger partial charge on any atom is -0.451 e. The van der Waals surface area contributed by atoms with Crippen molar-refractivity contribution in [3.63, 3.8) is 0 Å². The Bertz CT molecular complexity index is 533. The third kappa shape index (κ3) is 3.52. The van der Waals surface area contributed by atoms with Crippen molar-refractivity contribution in [1.29, 1.82) is 0 Å². The van der Waals surface area contributed by atoms with Crippen LogP contribution in [-0.4, -0.2) is 29.5 Å². The molecule has 2 heterocycles. The predicted octanol–water partition coefficient (Wildman–Crippen LogP) is 2.90. The Balaban J connectivity index is 0.00000147. The van der Waals surface area contributed by atoms with Crippen LogP contribution in [0.1, 0.15) is 17.3 Å². The Kier molecular flexibility index (Phi) is 5.43. The first-order valence-corrected chi connectivity index (χ1v) is 6.78. The minimum atomic E-state index is 0. The molecule has 0 radical (unpaired) electrons. The zero-order chi connectivity index (χ0) is 13.1. The summed E-state index contributed by atoms with van der Waals surface area (Å²) in [6.45, 7) is 3.71. The van der Waals surface area contributed by atoms with Crippen molar-refractivity contribution in [1.82, 2.24) is 15.2 Å². The Labute approximate surface area is 129 Å². The second-order valence-electron chi connectivity index (χ2n) is 4.73. The van der Waals surface area contributed by atoms with Crippen LogP contribution >= 0.6 is 24.0 Å². The van der Waals surface area contributed by atoms with Crippen LogP contribution in [0.15, 0.2) is 41.3 Å². The van der Waals surface area contributed by atoms with Gasteiger partial charge in [0, 0.05) is 37.2 Å². The predicted molar refractivity (Wildman–Crippen MR) is 81.2 cm³/mol. The monoisotopic (exact) mass is 313 g/mol. The standard InChI is InChI=1S/C14H16ClN3O.ClH/c15-12-3-1-2-11(6-12)14-7-16-4-5-18(14)8-13-9-19-10-17-13;/h1-3,6,9-10,14,16H,4-5,7-8H2;1H. The number of hydrogen-bond acceptors (Lipinski definition) is 4. The van der Waals surface area contributed by atoms with Crippen molar-refractivity contribution in [3.8, 4) is 0 Å². The number of piperazine rings is 1. The molecule has 1 aliphatic rings. The Morgan fingerprint density at radius 3 is 3.10 bits per heavy atom. The molecule has 0 aliphatic carbocycles. The summed E-state index contributed by atoms with van der Waals surface area (Å²) in [5.74, 6) is 0. The van der Waals surface area contributed by atoms with E-state index < -0.39 is 0 Å². The van der Waals surface area contributed by atoms with Crippen LogP contribution < -0.4 is 5.32 Å². The van der Waals surface area contributed by atoms with Crippen LogP contribution in [-0.2, 0) is 6.54 Å². The molecule has 20 heavy (non-hydrogen) atoms. The summed E-state index contributed by atoms with van der Waals surface area (Å²) < 4.78 is 5.04. The lowest BCUT2D eigenvalue weighted by atomic mass is 10.0. The molecule has 4 nitrogen and oxygen atoms in total. The van der Waals surface area contributed by atoms with E-state index in [2.05, 4.69) is 21.3 Å². The second kappa shape index (κ2) is 7.09. The summed E-state index contributed by atoms with van der Waals surface area (Å²) in [4.78, 5) is 6.60. The van der Waals surface area contributed by atoms with Crippen LogP contribution in [0.5, 0.6) is 0 Å². The second-order valence-corrected chi connectivity index (χ2v) is 5.16. The average molecular weight is 314 g/mol. The third-order valence-electron chi connectivity index (χ3n) is 3.44. The lowest BCUT2D eigenvalue weighted by molar-refractivity contribution is 0.152. The first kappa shape index (κ1) is 15.3. The zero-order valence-corrected chi connectivity index (χ0v) is 12.5. The van der Waals surface area contributed by atoms with Gasteiger partial charge >= 0.3 is 0 Å². The molecule has 1 unspecified atom stereocenters. The van der Waals surface area contributed by atoms with Crippen LogP contribution in [0, 0.1) is 0 Å². The molecule has 6 heteroatoms. The molecule has 2 aromatic rings. The van der Waals surface area contributed by atoms with Crippen molar-refractivity contribution in [2.24, 2.45) is 0 Å². The maximum absolute atomic E-state index is 6.09. The van der Waals surface area contributed by atoms with Gasteiger partial charge in [-0.05, 0) is 17.7 Å². The number of nitrogens with one attached hydrogen (secondary N) is 1. The molecule has 1 N–H and O–H groups in total. The Morgan fingerprint density at radius 2 is 2.35 bits per heavy atom. The number of nitrogens with zero attached hydrogens (tertiary/aromatic N) is 2. The van der Waals surface area contributed by atoms with Gasteiger partial charge in [0.15, 0.2) is 6.39 Å². The van der Waals surface area contributed by atoms with E-state index in [1.807, 2.05) is 18.2 Å². The van der Waals surface area contributed by atoms with E-state index in [1.165, 1.54) is 12.0 Å². The largest absolute Gasteiger partial charge is 0.451 e. The van der Waals surface area contributed by atoms with E-state index in [0.717, 1.165) is 36.9 Å². The summed E-state index contributed by atoms with van der Waals surface area (Å²) in [7, 11) is 0. The molecule has 3 rings (SSSR count). The summed E-state index contributed by atoms with van der Waals surface area (Å²) in [5, 5.41) is 4.22. The first-order chi connectivity index (χ1) is 9.33. The maximum atomic E-state index is 6.09. The first-order valence-electron chi connectivity index (χ1n) is 6.40. The van der Waals surface area contributed by atoms with Gasteiger partial charge in [-0.15, -0.1) is 12.4 Å².